The molecule has 0 unspecified atom stereocenters. The van der Waals surface area contributed by atoms with Crippen molar-refractivity contribution in [3.8, 4) is 0 Å². The molecule has 0 aromatic carbocycles. The highest BCUT2D eigenvalue weighted by Gasteiger charge is 2.25. The van der Waals surface area contributed by atoms with Crippen molar-refractivity contribution in [2.75, 3.05) is 31.1 Å². The van der Waals surface area contributed by atoms with Gasteiger partial charge in [-0.25, -0.2) is 4.98 Å². The second-order valence-electron chi connectivity index (χ2n) is 5.54. The summed E-state index contributed by atoms with van der Waals surface area (Å²) in [5.41, 5.74) is 0. The Morgan fingerprint density at radius 2 is 2.00 bits per heavy atom. The molecule has 1 atom stereocenters. The quantitative estimate of drug-likeness (QED) is 0.882. The van der Waals surface area contributed by atoms with Crippen LogP contribution in [0.2, 0.25) is 0 Å². The number of carbonyl (C=O) groups excluding carboxylic acids is 2. The topological polar surface area (TPSA) is 65.5 Å². The standard InChI is InChI=1S/C16H24N4O2/c1-3-6-15(21)18-13(2)16(22)20-11-9-19(10-12-20)14-7-4-5-8-17-14/h4-5,7-8,13H,3,6,9-12H2,1-2H3,(H,18,21)/t13-/m1/s1. The van der Waals surface area contributed by atoms with Crippen molar-refractivity contribution >= 4 is 17.6 Å². The first kappa shape index (κ1) is 16.3. The lowest BCUT2D eigenvalue weighted by Gasteiger charge is -2.36. The van der Waals surface area contributed by atoms with E-state index in [-0.39, 0.29) is 11.8 Å². The molecule has 22 heavy (non-hydrogen) atoms. The van der Waals surface area contributed by atoms with Crippen molar-refractivity contribution in [2.45, 2.75) is 32.7 Å². The summed E-state index contributed by atoms with van der Waals surface area (Å²) in [6.07, 6.45) is 3.03. The van der Waals surface area contributed by atoms with E-state index in [0.717, 1.165) is 25.3 Å². The normalized spacial score (nSPS) is 16.3. The molecule has 1 fully saturated rings. The summed E-state index contributed by atoms with van der Waals surface area (Å²) in [5, 5.41) is 2.76. The fourth-order valence-electron chi connectivity index (χ4n) is 2.57. The monoisotopic (exact) mass is 304 g/mol. The van der Waals surface area contributed by atoms with Crippen LogP contribution >= 0.6 is 0 Å². The van der Waals surface area contributed by atoms with Crippen LogP contribution < -0.4 is 10.2 Å². The summed E-state index contributed by atoms with van der Waals surface area (Å²) in [7, 11) is 0. The van der Waals surface area contributed by atoms with Crippen molar-refractivity contribution in [3.05, 3.63) is 24.4 Å². The number of nitrogens with zero attached hydrogens (tertiary/aromatic N) is 3. The van der Waals surface area contributed by atoms with Gasteiger partial charge in [0.15, 0.2) is 0 Å². The van der Waals surface area contributed by atoms with Crippen LogP contribution in [-0.2, 0) is 9.59 Å². The van der Waals surface area contributed by atoms with Crippen LogP contribution in [0.5, 0.6) is 0 Å². The van der Waals surface area contributed by atoms with E-state index in [1.165, 1.54) is 0 Å². The lowest BCUT2D eigenvalue weighted by atomic mass is 10.2. The van der Waals surface area contributed by atoms with Crippen LogP contribution in [0.3, 0.4) is 0 Å². The van der Waals surface area contributed by atoms with E-state index in [9.17, 15) is 9.59 Å². The third kappa shape index (κ3) is 4.19. The van der Waals surface area contributed by atoms with Crippen molar-refractivity contribution in [1.82, 2.24) is 15.2 Å². The predicted molar refractivity (Wildman–Crippen MR) is 85.5 cm³/mol. The fraction of sp³-hybridized carbons (Fsp3) is 0.562. The number of rotatable bonds is 5. The molecule has 1 aromatic rings. The molecule has 120 valence electrons. The van der Waals surface area contributed by atoms with E-state index in [2.05, 4.69) is 15.2 Å². The number of hydrogen-bond acceptors (Lipinski definition) is 4. The Bertz CT molecular complexity index is 498. The van der Waals surface area contributed by atoms with Gasteiger partial charge < -0.3 is 15.1 Å². The number of anilines is 1. The molecule has 2 rings (SSSR count). The third-order valence-electron chi connectivity index (χ3n) is 3.79. The molecule has 0 aliphatic carbocycles. The van der Waals surface area contributed by atoms with E-state index < -0.39 is 6.04 Å². The van der Waals surface area contributed by atoms with Gasteiger partial charge >= 0.3 is 0 Å². The molecule has 2 amide bonds. The second-order valence-corrected chi connectivity index (χ2v) is 5.54. The molecule has 0 saturated carbocycles. The fourth-order valence-corrected chi connectivity index (χ4v) is 2.57. The van der Waals surface area contributed by atoms with Crippen molar-refractivity contribution < 1.29 is 9.59 Å². The van der Waals surface area contributed by atoms with Crippen LogP contribution in [0.1, 0.15) is 26.7 Å². The maximum atomic E-state index is 12.4. The molecule has 1 aromatic heterocycles. The molecule has 0 bridgehead atoms. The maximum absolute atomic E-state index is 12.4. The molecule has 6 heteroatoms. The van der Waals surface area contributed by atoms with Crippen LogP contribution in [0.4, 0.5) is 5.82 Å². The Balaban J connectivity index is 1.83. The Morgan fingerprint density at radius 1 is 1.27 bits per heavy atom. The minimum atomic E-state index is -0.458. The van der Waals surface area contributed by atoms with E-state index in [4.69, 9.17) is 0 Å². The lowest BCUT2D eigenvalue weighted by Crippen LogP contribution is -2.54. The predicted octanol–water partition coefficient (Wildman–Crippen LogP) is 1.03. The van der Waals surface area contributed by atoms with Gasteiger partial charge in [-0.15, -0.1) is 0 Å². The van der Waals surface area contributed by atoms with Crippen LogP contribution in [0, 0.1) is 0 Å². The van der Waals surface area contributed by atoms with Crippen molar-refractivity contribution in [1.29, 1.82) is 0 Å². The number of carbonyl (C=O) groups is 2. The van der Waals surface area contributed by atoms with Crippen LogP contribution in [0.15, 0.2) is 24.4 Å². The molecular formula is C16H24N4O2. The zero-order valence-electron chi connectivity index (χ0n) is 13.3. The van der Waals surface area contributed by atoms with Gasteiger partial charge in [0, 0.05) is 38.8 Å². The van der Waals surface area contributed by atoms with Gasteiger partial charge in [-0.05, 0) is 25.5 Å². The van der Waals surface area contributed by atoms with Gasteiger partial charge in [-0.2, -0.15) is 0 Å². The van der Waals surface area contributed by atoms with E-state index in [0.29, 0.717) is 19.5 Å². The Morgan fingerprint density at radius 3 is 2.59 bits per heavy atom. The SMILES string of the molecule is CCCC(=O)N[C@H](C)C(=O)N1CCN(c2ccccn2)CC1. The average Bonchev–Trinajstić information content (AvgIpc) is 2.55. The first-order chi connectivity index (χ1) is 10.6. The Labute approximate surface area is 131 Å². The van der Waals surface area contributed by atoms with Crippen LogP contribution in [-0.4, -0.2) is 53.9 Å². The minimum absolute atomic E-state index is 0.00914. The molecule has 2 heterocycles. The van der Waals surface area contributed by atoms with Gasteiger partial charge in [0.25, 0.3) is 0 Å². The number of hydrogen-bond donors (Lipinski definition) is 1. The number of aromatic nitrogens is 1. The summed E-state index contributed by atoms with van der Waals surface area (Å²) in [6, 6.07) is 5.38. The van der Waals surface area contributed by atoms with E-state index in [1.807, 2.05) is 30.0 Å². The average molecular weight is 304 g/mol. The number of nitrogens with one attached hydrogen (secondary N) is 1. The number of piperazine rings is 1. The highest BCUT2D eigenvalue weighted by Crippen LogP contribution is 2.13. The van der Waals surface area contributed by atoms with Gasteiger partial charge in [0.05, 0.1) is 0 Å². The van der Waals surface area contributed by atoms with Gasteiger partial charge in [0.2, 0.25) is 11.8 Å². The molecule has 1 aliphatic rings. The number of amides is 2. The van der Waals surface area contributed by atoms with Gasteiger partial charge in [0.1, 0.15) is 11.9 Å². The lowest BCUT2D eigenvalue weighted by molar-refractivity contribution is -0.136. The van der Waals surface area contributed by atoms with E-state index >= 15 is 0 Å². The van der Waals surface area contributed by atoms with E-state index in [1.54, 1.807) is 13.1 Å². The Kier molecular flexibility index (Phi) is 5.75. The number of pyridine rings is 1. The molecule has 0 spiro atoms. The Hall–Kier alpha value is -2.11. The summed E-state index contributed by atoms with van der Waals surface area (Å²) in [5.74, 6) is 0.875. The highest BCUT2D eigenvalue weighted by molar-refractivity contribution is 5.87. The van der Waals surface area contributed by atoms with Gasteiger partial charge in [-0.1, -0.05) is 13.0 Å². The smallest absolute Gasteiger partial charge is 0.244 e. The summed E-state index contributed by atoms with van der Waals surface area (Å²) in [4.78, 5) is 32.3. The molecule has 6 nitrogen and oxygen atoms in total. The zero-order valence-corrected chi connectivity index (χ0v) is 13.3. The van der Waals surface area contributed by atoms with Crippen LogP contribution in [0.25, 0.3) is 0 Å². The third-order valence-corrected chi connectivity index (χ3v) is 3.79. The first-order valence-corrected chi connectivity index (χ1v) is 7.86. The molecule has 1 aliphatic heterocycles. The maximum Gasteiger partial charge on any atom is 0.244 e. The largest absolute Gasteiger partial charge is 0.353 e. The molecule has 1 N–H and O–H groups in total. The molecule has 0 radical (unpaired) electrons. The van der Waals surface area contributed by atoms with Crippen molar-refractivity contribution in [3.63, 3.8) is 0 Å². The summed E-state index contributed by atoms with van der Waals surface area (Å²) >= 11 is 0. The summed E-state index contributed by atoms with van der Waals surface area (Å²) in [6.45, 7) is 6.54. The first-order valence-electron chi connectivity index (χ1n) is 7.86. The minimum Gasteiger partial charge on any atom is -0.353 e. The summed E-state index contributed by atoms with van der Waals surface area (Å²) < 4.78 is 0. The zero-order chi connectivity index (χ0) is 15.9. The second kappa shape index (κ2) is 7.77. The molecule has 1 saturated heterocycles. The molecular weight excluding hydrogens is 280 g/mol. The highest BCUT2D eigenvalue weighted by atomic mass is 16.2. The van der Waals surface area contributed by atoms with Gasteiger partial charge in [-0.3, -0.25) is 9.59 Å². The van der Waals surface area contributed by atoms with Crippen molar-refractivity contribution in [2.24, 2.45) is 0 Å².